The van der Waals surface area contributed by atoms with Gasteiger partial charge in [0.2, 0.25) is 0 Å². The van der Waals surface area contributed by atoms with Crippen LogP contribution in [-0.2, 0) is 31.9 Å². The van der Waals surface area contributed by atoms with Gasteiger partial charge in [0.25, 0.3) is 0 Å². The standard InChI is InChI=1S/C58H68N2O4/c1-9-11-13-35-63-57(61)33-21-47-17-27-51(28-18-47)59(53-25-15-41(3)43(5)39-53)55-31-23-49(37-45(55)7)50-24-32-56(46(8)38-50)60(54-26-16-42(4)44(6)40-54)52-29-19-48(20-30-52)22-34-58(62)64-36-14-12-10-2/h15-20,23-32,37-40H,9-14,21-22,33-36H2,1-8H3. The van der Waals surface area contributed by atoms with Crippen molar-refractivity contribution in [3.8, 4) is 11.1 Å². The number of ether oxygens (including phenoxy) is 2. The highest BCUT2D eigenvalue weighted by Gasteiger charge is 2.19. The molecule has 0 spiro atoms. The van der Waals surface area contributed by atoms with Crippen LogP contribution in [0, 0.1) is 41.5 Å². The molecule has 0 aliphatic rings. The molecular formula is C58H68N2O4. The summed E-state index contributed by atoms with van der Waals surface area (Å²) in [6, 6.07) is 44.0. The molecule has 6 nitrogen and oxygen atoms in total. The smallest absolute Gasteiger partial charge is 0.306 e. The highest BCUT2D eigenvalue weighted by Crippen LogP contribution is 2.41. The number of carbonyl (C=O) groups excluding carboxylic acids is 2. The highest BCUT2D eigenvalue weighted by molar-refractivity contribution is 5.84. The summed E-state index contributed by atoms with van der Waals surface area (Å²) in [5.74, 6) is -0.265. The summed E-state index contributed by atoms with van der Waals surface area (Å²) in [4.78, 5) is 29.4. The Labute approximate surface area is 383 Å². The number of anilines is 6. The first-order chi connectivity index (χ1) is 30.9. The van der Waals surface area contributed by atoms with Crippen molar-refractivity contribution in [3.05, 3.63) is 166 Å². The van der Waals surface area contributed by atoms with Gasteiger partial charge < -0.3 is 19.3 Å². The normalized spacial score (nSPS) is 11.1. The SMILES string of the molecule is CCCCCOC(=O)CCc1ccc(N(c2ccc(C)c(C)c2)c2ccc(-c3ccc(N(c4ccc(CCC(=O)OCCCCC)cc4)c4ccc(C)c(C)c4)c(C)c3)cc2C)cc1. The maximum absolute atomic E-state index is 12.4. The van der Waals surface area contributed by atoms with E-state index in [9.17, 15) is 9.59 Å². The zero-order valence-electron chi connectivity index (χ0n) is 39.6. The third kappa shape index (κ3) is 12.5. The van der Waals surface area contributed by atoms with E-state index in [1.54, 1.807) is 0 Å². The number of esters is 2. The van der Waals surface area contributed by atoms with E-state index in [2.05, 4.69) is 187 Å². The Bertz CT molecular complexity index is 2310. The van der Waals surface area contributed by atoms with Crippen molar-refractivity contribution in [1.82, 2.24) is 0 Å². The fourth-order valence-electron chi connectivity index (χ4n) is 8.09. The Kier molecular flexibility index (Phi) is 17.0. The van der Waals surface area contributed by atoms with Gasteiger partial charge in [-0.25, -0.2) is 0 Å². The molecule has 0 bridgehead atoms. The van der Waals surface area contributed by atoms with Crippen molar-refractivity contribution in [3.63, 3.8) is 0 Å². The van der Waals surface area contributed by atoms with E-state index in [-0.39, 0.29) is 11.9 Å². The molecule has 0 unspecified atom stereocenters. The number of hydrogen-bond donors (Lipinski definition) is 0. The summed E-state index contributed by atoms with van der Waals surface area (Å²) in [5, 5.41) is 0. The predicted molar refractivity (Wildman–Crippen MR) is 267 cm³/mol. The molecule has 0 aromatic heterocycles. The largest absolute Gasteiger partial charge is 0.466 e. The number of hydrogen-bond acceptors (Lipinski definition) is 6. The van der Waals surface area contributed by atoms with Gasteiger partial charge in [0.1, 0.15) is 0 Å². The number of aryl methyl sites for hydroxylation is 8. The molecule has 6 rings (SSSR count). The van der Waals surface area contributed by atoms with E-state index in [0.717, 1.165) is 106 Å². The van der Waals surface area contributed by atoms with Crippen LogP contribution < -0.4 is 9.80 Å². The van der Waals surface area contributed by atoms with Gasteiger partial charge in [-0.15, -0.1) is 0 Å². The molecule has 0 heterocycles. The van der Waals surface area contributed by atoms with Gasteiger partial charge in [-0.2, -0.15) is 0 Å². The second kappa shape index (κ2) is 23.0. The van der Waals surface area contributed by atoms with Crippen molar-refractivity contribution < 1.29 is 19.1 Å². The van der Waals surface area contributed by atoms with Crippen LogP contribution in [0.1, 0.15) is 110 Å². The lowest BCUT2D eigenvalue weighted by atomic mass is 9.98. The summed E-state index contributed by atoms with van der Waals surface area (Å²) in [5.41, 5.74) is 18.4. The molecule has 0 saturated carbocycles. The summed E-state index contributed by atoms with van der Waals surface area (Å²) in [6.07, 6.45) is 8.26. The lowest BCUT2D eigenvalue weighted by Crippen LogP contribution is -2.12. The lowest BCUT2D eigenvalue weighted by molar-refractivity contribution is -0.144. The van der Waals surface area contributed by atoms with E-state index < -0.39 is 0 Å². The zero-order valence-corrected chi connectivity index (χ0v) is 39.6. The van der Waals surface area contributed by atoms with Crippen LogP contribution in [0.25, 0.3) is 11.1 Å². The molecule has 0 radical (unpaired) electrons. The summed E-state index contributed by atoms with van der Waals surface area (Å²) >= 11 is 0. The number of nitrogens with zero attached hydrogens (tertiary/aromatic N) is 2. The Morgan fingerprint density at radius 2 is 0.781 bits per heavy atom. The van der Waals surface area contributed by atoms with Crippen molar-refractivity contribution in [1.29, 1.82) is 0 Å². The minimum Gasteiger partial charge on any atom is -0.466 e. The zero-order chi connectivity index (χ0) is 45.6. The molecule has 0 N–H and O–H groups in total. The molecule has 334 valence electrons. The van der Waals surface area contributed by atoms with Gasteiger partial charge in [-0.3, -0.25) is 9.59 Å². The van der Waals surface area contributed by atoms with Crippen LogP contribution in [0.2, 0.25) is 0 Å². The average Bonchev–Trinajstić information content (AvgIpc) is 3.29. The molecule has 6 heteroatoms. The molecule has 0 fully saturated rings. The van der Waals surface area contributed by atoms with Gasteiger partial charge in [0.05, 0.1) is 13.2 Å². The molecular weight excluding hydrogens is 789 g/mol. The Morgan fingerprint density at radius 3 is 1.12 bits per heavy atom. The van der Waals surface area contributed by atoms with E-state index in [1.165, 1.54) is 22.3 Å². The van der Waals surface area contributed by atoms with Gasteiger partial charge in [-0.1, -0.05) is 88.1 Å². The second-order valence-electron chi connectivity index (χ2n) is 17.4. The number of benzene rings is 6. The summed E-state index contributed by atoms with van der Waals surface area (Å²) < 4.78 is 10.9. The Hall–Kier alpha value is -6.14. The van der Waals surface area contributed by atoms with Gasteiger partial charge >= 0.3 is 11.9 Å². The second-order valence-corrected chi connectivity index (χ2v) is 17.4. The van der Waals surface area contributed by atoms with Crippen LogP contribution in [0.4, 0.5) is 34.1 Å². The number of rotatable bonds is 21. The van der Waals surface area contributed by atoms with Crippen LogP contribution in [0.3, 0.4) is 0 Å². The molecule has 0 amide bonds. The highest BCUT2D eigenvalue weighted by atomic mass is 16.5. The predicted octanol–water partition coefficient (Wildman–Crippen LogP) is 15.5. The van der Waals surface area contributed by atoms with E-state index in [0.29, 0.717) is 38.9 Å². The monoisotopic (exact) mass is 857 g/mol. The first kappa shape index (κ1) is 47.3. The summed E-state index contributed by atoms with van der Waals surface area (Å²) in [6.45, 7) is 18.3. The Morgan fingerprint density at radius 1 is 0.406 bits per heavy atom. The van der Waals surface area contributed by atoms with Crippen LogP contribution in [0.5, 0.6) is 0 Å². The molecule has 0 saturated heterocycles. The molecule has 0 aliphatic heterocycles. The molecule has 6 aromatic rings. The van der Waals surface area contributed by atoms with E-state index in [1.807, 2.05) is 0 Å². The fourth-order valence-corrected chi connectivity index (χ4v) is 8.09. The van der Waals surface area contributed by atoms with Gasteiger partial charge in [0.15, 0.2) is 0 Å². The van der Waals surface area contributed by atoms with Crippen molar-refractivity contribution in [2.24, 2.45) is 0 Å². The number of carbonyl (C=O) groups is 2. The molecule has 0 aliphatic carbocycles. The van der Waals surface area contributed by atoms with E-state index in [4.69, 9.17) is 9.47 Å². The van der Waals surface area contributed by atoms with Crippen LogP contribution >= 0.6 is 0 Å². The molecule has 0 atom stereocenters. The van der Waals surface area contributed by atoms with Crippen LogP contribution in [0.15, 0.2) is 121 Å². The van der Waals surface area contributed by atoms with E-state index >= 15 is 0 Å². The maximum atomic E-state index is 12.4. The molecule has 64 heavy (non-hydrogen) atoms. The average molecular weight is 857 g/mol. The first-order valence-electron chi connectivity index (χ1n) is 23.4. The maximum Gasteiger partial charge on any atom is 0.306 e. The minimum absolute atomic E-state index is 0.132. The third-order valence-electron chi connectivity index (χ3n) is 12.4. The Balaban J connectivity index is 1.25. The molecule has 6 aromatic carbocycles. The minimum atomic E-state index is -0.132. The summed E-state index contributed by atoms with van der Waals surface area (Å²) in [7, 11) is 0. The first-order valence-corrected chi connectivity index (χ1v) is 23.4. The van der Waals surface area contributed by atoms with Crippen molar-refractivity contribution in [2.75, 3.05) is 23.0 Å². The third-order valence-corrected chi connectivity index (χ3v) is 12.4. The van der Waals surface area contributed by atoms with Crippen molar-refractivity contribution >= 4 is 46.1 Å². The van der Waals surface area contributed by atoms with Crippen LogP contribution in [-0.4, -0.2) is 25.2 Å². The topological polar surface area (TPSA) is 59.1 Å². The fraction of sp³-hybridized carbons (Fsp3) is 0.345. The lowest BCUT2D eigenvalue weighted by Gasteiger charge is -2.29. The van der Waals surface area contributed by atoms with Gasteiger partial charge in [-0.05, 0) is 196 Å². The quantitative estimate of drug-likeness (QED) is 0.0531. The number of unbranched alkanes of at least 4 members (excludes halogenated alkanes) is 4. The van der Waals surface area contributed by atoms with Gasteiger partial charge in [0, 0.05) is 47.0 Å². The van der Waals surface area contributed by atoms with Crippen molar-refractivity contribution in [2.45, 2.75) is 120 Å².